The van der Waals surface area contributed by atoms with E-state index in [1.807, 2.05) is 0 Å². The molecule has 2 nitrogen and oxygen atoms in total. The third-order valence-electron chi connectivity index (χ3n) is 3.07. The van der Waals surface area contributed by atoms with Crippen molar-refractivity contribution in [2.45, 2.75) is 46.1 Å². The molecule has 0 N–H and O–H groups in total. The summed E-state index contributed by atoms with van der Waals surface area (Å²) >= 11 is 0. The van der Waals surface area contributed by atoms with Crippen molar-refractivity contribution < 1.29 is 4.74 Å². The highest BCUT2D eigenvalue weighted by atomic mass is 16.5. The van der Waals surface area contributed by atoms with E-state index in [2.05, 4.69) is 25.7 Å². The smallest absolute Gasteiger partial charge is 0.118 e. The fraction of sp³-hybridized carbons (Fsp3) is 0.833. The van der Waals surface area contributed by atoms with E-state index in [0.29, 0.717) is 5.92 Å². The Morgan fingerprint density at radius 2 is 2.14 bits per heavy atom. The summed E-state index contributed by atoms with van der Waals surface area (Å²) in [6, 6.07) is 0.836. The van der Waals surface area contributed by atoms with Crippen LogP contribution in [0.1, 0.15) is 40.0 Å². The zero-order valence-electron chi connectivity index (χ0n) is 9.55. The van der Waals surface area contributed by atoms with Crippen LogP contribution in [0.15, 0.2) is 11.5 Å². The molecular formula is C12H21NO. The largest absolute Gasteiger partial charge is 0.494 e. The number of ether oxygens (including phenoxy) is 1. The predicted octanol–water partition coefficient (Wildman–Crippen LogP) is 2.76. The Morgan fingerprint density at radius 3 is 2.64 bits per heavy atom. The zero-order valence-corrected chi connectivity index (χ0v) is 9.55. The summed E-state index contributed by atoms with van der Waals surface area (Å²) < 4.78 is 5.79. The number of allylic oxidation sites excluding steroid dienone is 2. The fourth-order valence-corrected chi connectivity index (χ4v) is 2.28. The highest BCUT2D eigenvalue weighted by molar-refractivity contribution is 5.14. The first-order valence-corrected chi connectivity index (χ1v) is 5.86. The molecule has 2 heteroatoms. The van der Waals surface area contributed by atoms with E-state index < -0.39 is 0 Å². The molecule has 80 valence electrons. The Morgan fingerprint density at radius 1 is 1.43 bits per heavy atom. The van der Waals surface area contributed by atoms with Gasteiger partial charge in [-0.05, 0) is 19.3 Å². The van der Waals surface area contributed by atoms with Crippen LogP contribution in [0.3, 0.4) is 0 Å². The molecule has 0 saturated heterocycles. The van der Waals surface area contributed by atoms with E-state index >= 15 is 0 Å². The van der Waals surface area contributed by atoms with Crippen molar-refractivity contribution in [1.29, 1.82) is 0 Å². The molecule has 1 saturated carbocycles. The summed E-state index contributed by atoms with van der Waals surface area (Å²) in [5.41, 5.74) is 1.47. The highest BCUT2D eigenvalue weighted by Gasteiger charge is 2.33. The monoisotopic (exact) mass is 195 g/mol. The maximum Gasteiger partial charge on any atom is 0.118 e. The Hall–Kier alpha value is -0.660. The van der Waals surface area contributed by atoms with E-state index in [9.17, 15) is 0 Å². The summed E-state index contributed by atoms with van der Waals surface area (Å²) in [5.74, 6) is 1.78. The molecule has 0 amide bonds. The molecule has 0 atom stereocenters. The van der Waals surface area contributed by atoms with Crippen molar-refractivity contribution in [3.8, 4) is 0 Å². The second-order valence-electron chi connectivity index (χ2n) is 4.59. The fourth-order valence-electron chi connectivity index (χ4n) is 2.28. The first-order chi connectivity index (χ1) is 6.74. The van der Waals surface area contributed by atoms with Crippen LogP contribution in [-0.4, -0.2) is 24.1 Å². The Bertz CT molecular complexity index is 241. The van der Waals surface area contributed by atoms with Crippen LogP contribution in [0.4, 0.5) is 0 Å². The molecule has 0 bridgehead atoms. The molecule has 1 heterocycles. The van der Waals surface area contributed by atoms with Crippen molar-refractivity contribution >= 4 is 0 Å². The van der Waals surface area contributed by atoms with Crippen LogP contribution in [0.25, 0.3) is 0 Å². The van der Waals surface area contributed by atoms with Crippen LogP contribution >= 0.6 is 0 Å². The molecule has 0 aromatic carbocycles. The van der Waals surface area contributed by atoms with Gasteiger partial charge in [-0.25, -0.2) is 0 Å². The molecule has 1 aliphatic heterocycles. The van der Waals surface area contributed by atoms with E-state index in [1.165, 1.54) is 24.3 Å². The van der Waals surface area contributed by atoms with Gasteiger partial charge in [0.15, 0.2) is 0 Å². The lowest BCUT2D eigenvalue weighted by Crippen LogP contribution is -2.35. The molecular weight excluding hydrogens is 174 g/mol. The zero-order chi connectivity index (χ0) is 10.1. The number of hydrogen-bond acceptors (Lipinski definition) is 2. The molecule has 0 unspecified atom stereocenters. The van der Waals surface area contributed by atoms with Gasteiger partial charge in [-0.3, -0.25) is 0 Å². The quantitative estimate of drug-likeness (QED) is 0.686. The van der Waals surface area contributed by atoms with Gasteiger partial charge in [0.05, 0.1) is 12.2 Å². The van der Waals surface area contributed by atoms with E-state index in [4.69, 9.17) is 4.74 Å². The van der Waals surface area contributed by atoms with Gasteiger partial charge in [0.25, 0.3) is 0 Å². The van der Waals surface area contributed by atoms with Crippen LogP contribution in [0.2, 0.25) is 0 Å². The summed E-state index contributed by atoms with van der Waals surface area (Å²) in [5, 5.41) is 0. The minimum Gasteiger partial charge on any atom is -0.494 e. The van der Waals surface area contributed by atoms with Gasteiger partial charge in [-0.15, -0.1) is 0 Å². The molecule has 0 aromatic heterocycles. The molecule has 1 aliphatic carbocycles. The van der Waals surface area contributed by atoms with E-state index in [-0.39, 0.29) is 0 Å². The molecule has 0 radical (unpaired) electrons. The standard InChI is InChI=1S/C12H21NO/c1-4-11-12(9(2)3)14-8-7-13(11)10-5-6-10/h9-10H,4-8H2,1-3H3. The van der Waals surface area contributed by atoms with Crippen molar-refractivity contribution in [2.24, 2.45) is 5.92 Å². The summed E-state index contributed by atoms with van der Waals surface area (Å²) in [4.78, 5) is 2.58. The first-order valence-electron chi connectivity index (χ1n) is 5.86. The molecule has 1 fully saturated rings. The molecule has 2 rings (SSSR count). The number of hydrogen-bond donors (Lipinski definition) is 0. The predicted molar refractivity (Wildman–Crippen MR) is 57.8 cm³/mol. The number of rotatable bonds is 3. The average molecular weight is 195 g/mol. The SMILES string of the molecule is CCC1=C(C(C)C)OCCN1C1CC1. The van der Waals surface area contributed by atoms with Crippen LogP contribution < -0.4 is 0 Å². The second kappa shape index (κ2) is 3.84. The lowest BCUT2D eigenvalue weighted by molar-refractivity contribution is 0.103. The maximum atomic E-state index is 5.79. The van der Waals surface area contributed by atoms with E-state index in [1.54, 1.807) is 0 Å². The highest BCUT2D eigenvalue weighted by Crippen LogP contribution is 2.35. The van der Waals surface area contributed by atoms with Gasteiger partial charge >= 0.3 is 0 Å². The van der Waals surface area contributed by atoms with Crippen LogP contribution in [-0.2, 0) is 4.74 Å². The topological polar surface area (TPSA) is 12.5 Å². The third-order valence-corrected chi connectivity index (χ3v) is 3.07. The number of nitrogens with zero attached hydrogens (tertiary/aromatic N) is 1. The minimum atomic E-state index is 0.534. The summed E-state index contributed by atoms with van der Waals surface area (Å²) in [7, 11) is 0. The molecule has 2 aliphatic rings. The lowest BCUT2D eigenvalue weighted by atomic mass is 10.1. The Balaban J connectivity index is 2.21. The van der Waals surface area contributed by atoms with Gasteiger partial charge in [0.2, 0.25) is 0 Å². The molecule has 0 spiro atoms. The van der Waals surface area contributed by atoms with Crippen molar-refractivity contribution in [1.82, 2.24) is 4.90 Å². The average Bonchev–Trinajstić information content (AvgIpc) is 2.99. The lowest BCUT2D eigenvalue weighted by Gasteiger charge is -2.35. The molecule has 14 heavy (non-hydrogen) atoms. The summed E-state index contributed by atoms with van der Waals surface area (Å²) in [6.07, 6.45) is 3.88. The Labute approximate surface area is 86.9 Å². The van der Waals surface area contributed by atoms with Crippen molar-refractivity contribution in [3.05, 3.63) is 11.5 Å². The molecule has 0 aromatic rings. The van der Waals surface area contributed by atoms with Gasteiger partial charge in [-0.2, -0.15) is 0 Å². The Kier molecular flexibility index (Phi) is 2.71. The first kappa shape index (κ1) is 9.88. The maximum absolute atomic E-state index is 5.79. The second-order valence-corrected chi connectivity index (χ2v) is 4.59. The van der Waals surface area contributed by atoms with Gasteiger partial charge in [-0.1, -0.05) is 20.8 Å². The van der Waals surface area contributed by atoms with Gasteiger partial charge < -0.3 is 9.64 Å². The summed E-state index contributed by atoms with van der Waals surface area (Å²) in [6.45, 7) is 8.67. The normalized spacial score (nSPS) is 23.0. The van der Waals surface area contributed by atoms with Gasteiger partial charge in [0.1, 0.15) is 12.4 Å². The van der Waals surface area contributed by atoms with Gasteiger partial charge in [0, 0.05) is 12.0 Å². The van der Waals surface area contributed by atoms with Crippen molar-refractivity contribution in [2.75, 3.05) is 13.2 Å². The van der Waals surface area contributed by atoms with Crippen molar-refractivity contribution in [3.63, 3.8) is 0 Å². The van der Waals surface area contributed by atoms with Crippen LogP contribution in [0.5, 0.6) is 0 Å². The van der Waals surface area contributed by atoms with E-state index in [0.717, 1.165) is 25.6 Å². The minimum absolute atomic E-state index is 0.534. The van der Waals surface area contributed by atoms with Crippen LogP contribution in [0, 0.1) is 5.92 Å². The third kappa shape index (κ3) is 1.75.